The molecule has 0 saturated heterocycles. The zero-order valence-corrected chi connectivity index (χ0v) is 11.0. The third kappa shape index (κ3) is 2.41. The van der Waals surface area contributed by atoms with Crippen LogP contribution in [-0.4, -0.2) is 16.8 Å². The maximum absolute atomic E-state index is 12.2. The number of carbonyl (C=O) groups is 1. The van der Waals surface area contributed by atoms with Crippen molar-refractivity contribution in [2.24, 2.45) is 11.7 Å². The Morgan fingerprint density at radius 2 is 1.94 bits per heavy atom. The van der Waals surface area contributed by atoms with Gasteiger partial charge in [-0.15, -0.1) is 0 Å². The number of Topliss-reactive ketones (excluding diaryl/α,β-unsaturated/α-hetero) is 1. The number of hydrogen-bond donors (Lipinski definition) is 1. The van der Waals surface area contributed by atoms with E-state index in [1.807, 2.05) is 51.1 Å². The van der Waals surface area contributed by atoms with Crippen molar-refractivity contribution in [3.8, 4) is 0 Å². The van der Waals surface area contributed by atoms with Crippen molar-refractivity contribution in [3.05, 3.63) is 41.6 Å². The Kier molecular flexibility index (Phi) is 3.43. The van der Waals surface area contributed by atoms with Crippen molar-refractivity contribution in [1.29, 1.82) is 0 Å². The van der Waals surface area contributed by atoms with Crippen LogP contribution in [0.15, 0.2) is 30.3 Å². The zero-order valence-electron chi connectivity index (χ0n) is 11.0. The molecule has 0 aliphatic carbocycles. The van der Waals surface area contributed by atoms with Gasteiger partial charge in [-0.05, 0) is 38.1 Å². The minimum absolute atomic E-state index is 0.0903. The fourth-order valence-corrected chi connectivity index (χ4v) is 1.88. The van der Waals surface area contributed by atoms with Crippen LogP contribution >= 0.6 is 0 Å². The lowest BCUT2D eigenvalue weighted by Gasteiger charge is -2.14. The number of benzene rings is 1. The molecule has 0 amide bonds. The second kappa shape index (κ2) is 4.86. The van der Waals surface area contributed by atoms with Gasteiger partial charge in [-0.1, -0.05) is 13.0 Å². The van der Waals surface area contributed by atoms with Gasteiger partial charge in [0.1, 0.15) is 0 Å². The summed E-state index contributed by atoms with van der Waals surface area (Å²) in [6.07, 6.45) is 0. The van der Waals surface area contributed by atoms with E-state index in [9.17, 15) is 4.79 Å². The van der Waals surface area contributed by atoms with Crippen LogP contribution in [0.5, 0.6) is 0 Å². The molecular formula is C15H18N2O. The number of nitrogens with zero attached hydrogens (tertiary/aromatic N) is 1. The van der Waals surface area contributed by atoms with E-state index in [2.05, 4.69) is 4.98 Å². The lowest BCUT2D eigenvalue weighted by Crippen LogP contribution is -2.30. The van der Waals surface area contributed by atoms with Gasteiger partial charge in [0.25, 0.3) is 0 Å². The fourth-order valence-electron chi connectivity index (χ4n) is 1.88. The summed E-state index contributed by atoms with van der Waals surface area (Å²) in [6, 6.07) is 9.42. The number of rotatable bonds is 3. The van der Waals surface area contributed by atoms with E-state index in [1.54, 1.807) is 0 Å². The first-order valence-electron chi connectivity index (χ1n) is 6.16. The number of fused-ring (bicyclic) bond motifs is 1. The molecule has 2 rings (SSSR count). The van der Waals surface area contributed by atoms with E-state index in [0.29, 0.717) is 5.56 Å². The standard InChI is InChI=1S/C15H18N2O/c1-9-4-5-12-8-13(6-7-14(12)17-9)15(18)10(2)11(3)16/h4-8,10-11H,16H2,1-3H3. The van der Waals surface area contributed by atoms with Gasteiger partial charge in [-0.2, -0.15) is 0 Å². The second-order valence-corrected chi connectivity index (χ2v) is 4.87. The predicted molar refractivity (Wildman–Crippen MR) is 73.6 cm³/mol. The van der Waals surface area contributed by atoms with Crippen molar-refractivity contribution in [1.82, 2.24) is 4.98 Å². The van der Waals surface area contributed by atoms with Gasteiger partial charge < -0.3 is 5.73 Å². The van der Waals surface area contributed by atoms with Crippen LogP contribution in [0.3, 0.4) is 0 Å². The molecule has 2 N–H and O–H groups in total. The van der Waals surface area contributed by atoms with Gasteiger partial charge >= 0.3 is 0 Å². The van der Waals surface area contributed by atoms with E-state index >= 15 is 0 Å². The number of aryl methyl sites for hydroxylation is 1. The molecule has 1 heterocycles. The van der Waals surface area contributed by atoms with E-state index in [-0.39, 0.29) is 17.7 Å². The van der Waals surface area contributed by atoms with E-state index in [4.69, 9.17) is 5.73 Å². The quantitative estimate of drug-likeness (QED) is 0.842. The maximum atomic E-state index is 12.2. The average Bonchev–Trinajstić information content (AvgIpc) is 2.36. The Labute approximate surface area is 107 Å². The normalized spacial score (nSPS) is 14.4. The Morgan fingerprint density at radius 1 is 1.22 bits per heavy atom. The molecule has 0 aliphatic heterocycles. The summed E-state index contributed by atoms with van der Waals surface area (Å²) in [4.78, 5) is 16.6. The second-order valence-electron chi connectivity index (χ2n) is 4.87. The summed E-state index contributed by atoms with van der Waals surface area (Å²) in [5, 5.41) is 0.989. The van der Waals surface area contributed by atoms with E-state index < -0.39 is 0 Å². The van der Waals surface area contributed by atoms with Crippen LogP contribution in [0.25, 0.3) is 10.9 Å². The van der Waals surface area contributed by atoms with Crippen molar-refractivity contribution < 1.29 is 4.79 Å². The number of ketones is 1. The first kappa shape index (κ1) is 12.7. The van der Waals surface area contributed by atoms with Crippen molar-refractivity contribution in [2.45, 2.75) is 26.8 Å². The van der Waals surface area contributed by atoms with Gasteiger partial charge in [-0.25, -0.2) is 0 Å². The summed E-state index contributed by atoms with van der Waals surface area (Å²) in [5.74, 6) is -0.0756. The Hall–Kier alpha value is -1.74. The monoisotopic (exact) mass is 242 g/mol. The fraction of sp³-hybridized carbons (Fsp3) is 0.333. The minimum atomic E-state index is -0.166. The molecule has 0 saturated carbocycles. The molecule has 0 bridgehead atoms. The SMILES string of the molecule is Cc1ccc2cc(C(=O)C(C)C(C)N)ccc2n1. The summed E-state index contributed by atoms with van der Waals surface area (Å²) >= 11 is 0. The number of pyridine rings is 1. The van der Waals surface area contributed by atoms with E-state index in [0.717, 1.165) is 16.6 Å². The highest BCUT2D eigenvalue weighted by atomic mass is 16.1. The molecular weight excluding hydrogens is 224 g/mol. The molecule has 18 heavy (non-hydrogen) atoms. The maximum Gasteiger partial charge on any atom is 0.167 e. The summed E-state index contributed by atoms with van der Waals surface area (Å²) in [7, 11) is 0. The molecule has 1 aromatic heterocycles. The largest absolute Gasteiger partial charge is 0.327 e. The highest BCUT2D eigenvalue weighted by Gasteiger charge is 2.18. The zero-order chi connectivity index (χ0) is 13.3. The summed E-state index contributed by atoms with van der Waals surface area (Å²) in [5.41, 5.74) is 8.37. The van der Waals surface area contributed by atoms with Gasteiger partial charge in [0.05, 0.1) is 5.52 Å². The van der Waals surface area contributed by atoms with Crippen LogP contribution in [0.2, 0.25) is 0 Å². The highest BCUT2D eigenvalue weighted by molar-refractivity contribution is 6.01. The molecule has 3 heteroatoms. The van der Waals surface area contributed by atoms with E-state index in [1.165, 1.54) is 0 Å². The van der Waals surface area contributed by atoms with Crippen molar-refractivity contribution in [3.63, 3.8) is 0 Å². The number of hydrogen-bond acceptors (Lipinski definition) is 3. The van der Waals surface area contributed by atoms with Crippen LogP contribution in [-0.2, 0) is 0 Å². The molecule has 2 atom stereocenters. The average molecular weight is 242 g/mol. The molecule has 1 aromatic carbocycles. The molecule has 0 spiro atoms. The summed E-state index contributed by atoms with van der Waals surface area (Å²) < 4.78 is 0. The smallest absolute Gasteiger partial charge is 0.167 e. The van der Waals surface area contributed by atoms with Gasteiger partial charge in [0, 0.05) is 28.6 Å². The molecule has 94 valence electrons. The third-order valence-electron chi connectivity index (χ3n) is 3.32. The first-order chi connectivity index (χ1) is 8.49. The molecule has 0 aliphatic rings. The van der Waals surface area contributed by atoms with Crippen LogP contribution in [0, 0.1) is 12.8 Å². The Balaban J connectivity index is 2.41. The Morgan fingerprint density at radius 3 is 2.61 bits per heavy atom. The minimum Gasteiger partial charge on any atom is -0.327 e. The molecule has 3 nitrogen and oxygen atoms in total. The third-order valence-corrected chi connectivity index (χ3v) is 3.32. The van der Waals surface area contributed by atoms with Gasteiger partial charge in [0.15, 0.2) is 5.78 Å². The highest BCUT2D eigenvalue weighted by Crippen LogP contribution is 2.18. The number of aromatic nitrogens is 1. The lowest BCUT2D eigenvalue weighted by atomic mass is 9.93. The predicted octanol–water partition coefficient (Wildman–Crippen LogP) is 2.71. The first-order valence-corrected chi connectivity index (χ1v) is 6.16. The molecule has 2 aromatic rings. The van der Waals surface area contributed by atoms with Gasteiger partial charge in [0.2, 0.25) is 0 Å². The number of nitrogens with two attached hydrogens (primary N) is 1. The molecule has 0 radical (unpaired) electrons. The topological polar surface area (TPSA) is 56.0 Å². The Bertz CT molecular complexity index is 590. The molecule has 2 unspecified atom stereocenters. The molecule has 0 fully saturated rings. The van der Waals surface area contributed by atoms with Crippen molar-refractivity contribution >= 4 is 16.7 Å². The van der Waals surface area contributed by atoms with Crippen molar-refractivity contribution in [2.75, 3.05) is 0 Å². The van der Waals surface area contributed by atoms with Crippen LogP contribution < -0.4 is 5.73 Å². The number of carbonyl (C=O) groups excluding carboxylic acids is 1. The summed E-state index contributed by atoms with van der Waals surface area (Å²) in [6.45, 7) is 5.68. The van der Waals surface area contributed by atoms with Gasteiger partial charge in [-0.3, -0.25) is 9.78 Å². The lowest BCUT2D eigenvalue weighted by molar-refractivity contribution is 0.0917. The van der Waals surface area contributed by atoms with Crippen LogP contribution in [0.4, 0.5) is 0 Å². The van der Waals surface area contributed by atoms with Crippen LogP contribution in [0.1, 0.15) is 29.9 Å².